The van der Waals surface area contributed by atoms with Crippen molar-refractivity contribution in [3.63, 3.8) is 0 Å². The standard InChI is InChI=1S/C10H8N2O4/c13-7-3-1-2-6-4-11-12(5-8(14)15)10(16)9(6)7/h1-4,13H,5H2,(H,14,15). The molecule has 0 radical (unpaired) electrons. The summed E-state index contributed by atoms with van der Waals surface area (Å²) in [5.41, 5.74) is -0.613. The molecule has 0 amide bonds. The van der Waals surface area contributed by atoms with E-state index in [9.17, 15) is 14.7 Å². The van der Waals surface area contributed by atoms with Crippen molar-refractivity contribution in [3.05, 3.63) is 34.7 Å². The van der Waals surface area contributed by atoms with Crippen LogP contribution in [0.4, 0.5) is 0 Å². The molecule has 0 atom stereocenters. The molecule has 0 saturated heterocycles. The Morgan fingerprint density at radius 3 is 2.88 bits per heavy atom. The van der Waals surface area contributed by atoms with Crippen LogP contribution in [0.5, 0.6) is 5.75 Å². The van der Waals surface area contributed by atoms with Gasteiger partial charge in [-0.25, -0.2) is 4.68 Å². The molecule has 0 unspecified atom stereocenters. The Hall–Kier alpha value is -2.37. The van der Waals surface area contributed by atoms with E-state index in [0.29, 0.717) is 5.39 Å². The minimum Gasteiger partial charge on any atom is -0.507 e. The highest BCUT2D eigenvalue weighted by Gasteiger charge is 2.09. The van der Waals surface area contributed by atoms with E-state index in [2.05, 4.69) is 5.10 Å². The molecule has 1 aromatic heterocycles. The molecule has 0 aliphatic heterocycles. The molecule has 82 valence electrons. The van der Waals surface area contributed by atoms with Gasteiger partial charge in [-0.3, -0.25) is 9.59 Å². The zero-order valence-corrected chi connectivity index (χ0v) is 8.12. The summed E-state index contributed by atoms with van der Waals surface area (Å²) in [5, 5.41) is 22.4. The van der Waals surface area contributed by atoms with Gasteiger partial charge in [-0.15, -0.1) is 0 Å². The fraction of sp³-hybridized carbons (Fsp3) is 0.100. The van der Waals surface area contributed by atoms with E-state index in [0.717, 1.165) is 4.68 Å². The first kappa shape index (κ1) is 10.2. The summed E-state index contributed by atoms with van der Waals surface area (Å²) >= 11 is 0. The van der Waals surface area contributed by atoms with Crippen LogP contribution >= 0.6 is 0 Å². The molecule has 1 aromatic carbocycles. The maximum Gasteiger partial charge on any atom is 0.325 e. The second-order valence-corrected chi connectivity index (χ2v) is 3.24. The molecule has 0 fully saturated rings. The van der Waals surface area contributed by atoms with Crippen molar-refractivity contribution in [3.8, 4) is 5.75 Å². The lowest BCUT2D eigenvalue weighted by atomic mass is 10.2. The predicted molar refractivity (Wildman–Crippen MR) is 55.3 cm³/mol. The van der Waals surface area contributed by atoms with E-state index in [1.807, 2.05) is 0 Å². The number of phenols is 1. The third-order valence-electron chi connectivity index (χ3n) is 2.14. The predicted octanol–water partition coefficient (Wildman–Crippen LogP) is 0.187. The first-order valence-corrected chi connectivity index (χ1v) is 4.49. The highest BCUT2D eigenvalue weighted by Crippen LogP contribution is 2.19. The number of fused-ring (bicyclic) bond motifs is 1. The Kier molecular flexibility index (Phi) is 2.32. The first-order chi connectivity index (χ1) is 7.59. The van der Waals surface area contributed by atoms with Crippen LogP contribution in [0.15, 0.2) is 29.2 Å². The second-order valence-electron chi connectivity index (χ2n) is 3.24. The van der Waals surface area contributed by atoms with Crippen LogP contribution in [0.2, 0.25) is 0 Å². The normalized spacial score (nSPS) is 10.5. The fourth-order valence-corrected chi connectivity index (χ4v) is 1.45. The Balaban J connectivity index is 2.73. The molecule has 0 spiro atoms. The smallest absolute Gasteiger partial charge is 0.325 e. The monoisotopic (exact) mass is 220 g/mol. The summed E-state index contributed by atoms with van der Waals surface area (Å²) in [6.45, 7) is -0.525. The number of phenolic OH excluding ortho intramolecular Hbond substituents is 1. The summed E-state index contributed by atoms with van der Waals surface area (Å²) in [7, 11) is 0. The van der Waals surface area contributed by atoms with Crippen molar-refractivity contribution in [2.45, 2.75) is 6.54 Å². The number of nitrogens with zero attached hydrogens (tertiary/aromatic N) is 2. The van der Waals surface area contributed by atoms with Crippen molar-refractivity contribution in [2.24, 2.45) is 0 Å². The summed E-state index contributed by atoms with van der Waals surface area (Å²) in [6, 6.07) is 4.57. The molecular weight excluding hydrogens is 212 g/mol. The maximum atomic E-state index is 11.8. The van der Waals surface area contributed by atoms with E-state index in [-0.39, 0.29) is 11.1 Å². The van der Waals surface area contributed by atoms with Gasteiger partial charge < -0.3 is 10.2 Å². The number of carbonyl (C=O) groups is 1. The molecule has 1 heterocycles. The van der Waals surface area contributed by atoms with E-state index >= 15 is 0 Å². The number of benzene rings is 1. The minimum absolute atomic E-state index is 0.0822. The average Bonchev–Trinajstić information content (AvgIpc) is 2.22. The zero-order chi connectivity index (χ0) is 11.7. The van der Waals surface area contributed by atoms with Gasteiger partial charge in [0.1, 0.15) is 12.3 Å². The van der Waals surface area contributed by atoms with Crippen molar-refractivity contribution >= 4 is 16.7 Å². The number of aliphatic carboxylic acids is 1. The Morgan fingerprint density at radius 2 is 2.19 bits per heavy atom. The highest BCUT2D eigenvalue weighted by atomic mass is 16.4. The molecule has 0 bridgehead atoms. The topological polar surface area (TPSA) is 92.4 Å². The van der Waals surface area contributed by atoms with Gasteiger partial charge in [0.15, 0.2) is 0 Å². The van der Waals surface area contributed by atoms with Crippen molar-refractivity contribution < 1.29 is 15.0 Å². The van der Waals surface area contributed by atoms with Crippen LogP contribution in [0.25, 0.3) is 10.8 Å². The number of hydrogen-bond donors (Lipinski definition) is 2. The van der Waals surface area contributed by atoms with Gasteiger partial charge in [-0.2, -0.15) is 5.10 Å². The molecule has 6 nitrogen and oxygen atoms in total. The third kappa shape index (κ3) is 1.60. The number of aromatic nitrogens is 2. The highest BCUT2D eigenvalue weighted by molar-refractivity contribution is 5.86. The van der Waals surface area contributed by atoms with Gasteiger partial charge in [0.25, 0.3) is 5.56 Å². The molecule has 0 saturated carbocycles. The van der Waals surface area contributed by atoms with E-state index in [4.69, 9.17) is 5.11 Å². The molecule has 2 aromatic rings. The number of carboxylic acid groups (broad SMARTS) is 1. The first-order valence-electron chi connectivity index (χ1n) is 4.49. The SMILES string of the molecule is O=C(O)Cn1ncc2cccc(O)c2c1=O. The van der Waals surface area contributed by atoms with Crippen molar-refractivity contribution in [2.75, 3.05) is 0 Å². The molecule has 16 heavy (non-hydrogen) atoms. The van der Waals surface area contributed by atoms with Crippen LogP contribution in [-0.4, -0.2) is 26.0 Å². The van der Waals surface area contributed by atoms with Crippen LogP contribution in [0.3, 0.4) is 0 Å². The molecular formula is C10H8N2O4. The van der Waals surface area contributed by atoms with E-state index in [1.165, 1.54) is 12.3 Å². The number of rotatable bonds is 2. The summed E-state index contributed by atoms with van der Waals surface area (Å²) in [4.78, 5) is 22.2. The summed E-state index contributed by atoms with van der Waals surface area (Å²) < 4.78 is 0.796. The summed E-state index contributed by atoms with van der Waals surface area (Å²) in [6.07, 6.45) is 1.35. The average molecular weight is 220 g/mol. The molecule has 2 N–H and O–H groups in total. The van der Waals surface area contributed by atoms with Gasteiger partial charge in [-0.05, 0) is 6.07 Å². The number of hydrogen-bond acceptors (Lipinski definition) is 4. The van der Waals surface area contributed by atoms with Gasteiger partial charge in [0.2, 0.25) is 0 Å². The minimum atomic E-state index is -1.16. The molecule has 0 aliphatic carbocycles. The largest absolute Gasteiger partial charge is 0.507 e. The van der Waals surface area contributed by atoms with Crippen LogP contribution < -0.4 is 5.56 Å². The molecule has 2 rings (SSSR count). The lowest BCUT2D eigenvalue weighted by Crippen LogP contribution is -2.26. The Morgan fingerprint density at radius 1 is 1.44 bits per heavy atom. The summed E-state index contributed by atoms with van der Waals surface area (Å²) in [5.74, 6) is -1.34. The Labute approximate surface area is 89.4 Å². The maximum absolute atomic E-state index is 11.8. The van der Waals surface area contributed by atoms with Crippen LogP contribution in [-0.2, 0) is 11.3 Å². The molecule has 6 heteroatoms. The third-order valence-corrected chi connectivity index (χ3v) is 2.14. The van der Waals surface area contributed by atoms with E-state index in [1.54, 1.807) is 12.1 Å². The fourth-order valence-electron chi connectivity index (χ4n) is 1.45. The second kappa shape index (κ2) is 3.65. The lowest BCUT2D eigenvalue weighted by molar-refractivity contribution is -0.137. The van der Waals surface area contributed by atoms with Crippen molar-refractivity contribution in [1.29, 1.82) is 0 Å². The van der Waals surface area contributed by atoms with Crippen LogP contribution in [0.1, 0.15) is 0 Å². The number of aromatic hydroxyl groups is 1. The number of carboxylic acids is 1. The van der Waals surface area contributed by atoms with Crippen molar-refractivity contribution in [1.82, 2.24) is 9.78 Å². The van der Waals surface area contributed by atoms with E-state index < -0.39 is 18.1 Å². The van der Waals surface area contributed by atoms with Gasteiger partial charge in [0, 0.05) is 5.39 Å². The van der Waals surface area contributed by atoms with Gasteiger partial charge in [0.05, 0.1) is 11.6 Å². The van der Waals surface area contributed by atoms with Crippen LogP contribution in [0, 0.1) is 0 Å². The molecule has 0 aliphatic rings. The Bertz CT molecular complexity index is 618. The quantitative estimate of drug-likeness (QED) is 0.753. The van der Waals surface area contributed by atoms with Gasteiger partial charge in [-0.1, -0.05) is 12.1 Å². The van der Waals surface area contributed by atoms with Gasteiger partial charge >= 0.3 is 5.97 Å². The lowest BCUT2D eigenvalue weighted by Gasteiger charge is -2.03. The zero-order valence-electron chi connectivity index (χ0n) is 8.12.